The average Bonchev–Trinajstić information content (AvgIpc) is 2.87. The Morgan fingerprint density at radius 3 is 3.11 bits per heavy atom. The SMILES string of the molecule is CNc1cc(N2CCC(NC(=O)OC)C2)ncn1. The first-order chi connectivity index (χ1) is 8.72. The highest BCUT2D eigenvalue weighted by Crippen LogP contribution is 2.19. The zero-order valence-corrected chi connectivity index (χ0v) is 10.5. The second-order valence-corrected chi connectivity index (χ2v) is 4.08. The van der Waals surface area contributed by atoms with Gasteiger partial charge in [0.25, 0.3) is 0 Å². The van der Waals surface area contributed by atoms with Crippen molar-refractivity contribution < 1.29 is 9.53 Å². The zero-order valence-electron chi connectivity index (χ0n) is 10.5. The van der Waals surface area contributed by atoms with E-state index in [4.69, 9.17) is 0 Å². The van der Waals surface area contributed by atoms with Crippen LogP contribution < -0.4 is 15.5 Å². The summed E-state index contributed by atoms with van der Waals surface area (Å²) in [5, 5.41) is 5.77. The van der Waals surface area contributed by atoms with Crippen molar-refractivity contribution >= 4 is 17.7 Å². The van der Waals surface area contributed by atoms with E-state index in [1.807, 2.05) is 13.1 Å². The molecule has 1 unspecified atom stereocenters. The fourth-order valence-corrected chi connectivity index (χ4v) is 1.97. The van der Waals surface area contributed by atoms with Crippen molar-refractivity contribution in [3.63, 3.8) is 0 Å². The third kappa shape index (κ3) is 2.79. The molecule has 18 heavy (non-hydrogen) atoms. The average molecular weight is 251 g/mol. The fourth-order valence-electron chi connectivity index (χ4n) is 1.97. The first-order valence-corrected chi connectivity index (χ1v) is 5.82. The Morgan fingerprint density at radius 2 is 2.39 bits per heavy atom. The van der Waals surface area contributed by atoms with Crippen LogP contribution in [0.25, 0.3) is 0 Å². The van der Waals surface area contributed by atoms with E-state index >= 15 is 0 Å². The van der Waals surface area contributed by atoms with E-state index in [1.165, 1.54) is 13.4 Å². The number of hydrogen-bond donors (Lipinski definition) is 2. The molecule has 2 N–H and O–H groups in total. The van der Waals surface area contributed by atoms with Gasteiger partial charge in [-0.1, -0.05) is 0 Å². The quantitative estimate of drug-likeness (QED) is 0.812. The second-order valence-electron chi connectivity index (χ2n) is 4.08. The van der Waals surface area contributed by atoms with Crippen LogP contribution in [0.1, 0.15) is 6.42 Å². The Labute approximate surface area is 106 Å². The van der Waals surface area contributed by atoms with Gasteiger partial charge in [-0.15, -0.1) is 0 Å². The van der Waals surface area contributed by atoms with Gasteiger partial charge in [0.2, 0.25) is 0 Å². The molecule has 0 aliphatic carbocycles. The van der Waals surface area contributed by atoms with Crippen LogP contribution in [0.5, 0.6) is 0 Å². The number of anilines is 2. The van der Waals surface area contributed by atoms with Crippen molar-refractivity contribution in [3.05, 3.63) is 12.4 Å². The molecule has 1 aromatic rings. The minimum Gasteiger partial charge on any atom is -0.453 e. The molecular formula is C11H17N5O2. The van der Waals surface area contributed by atoms with Gasteiger partial charge in [0.1, 0.15) is 18.0 Å². The Hall–Kier alpha value is -2.05. The van der Waals surface area contributed by atoms with Crippen LogP contribution in [0.3, 0.4) is 0 Å². The molecule has 0 aromatic carbocycles. The van der Waals surface area contributed by atoms with Crippen molar-refractivity contribution in [1.29, 1.82) is 0 Å². The maximum absolute atomic E-state index is 11.1. The molecule has 7 nitrogen and oxygen atoms in total. The summed E-state index contributed by atoms with van der Waals surface area (Å²) in [6.45, 7) is 1.59. The van der Waals surface area contributed by atoms with Gasteiger partial charge >= 0.3 is 6.09 Å². The number of ether oxygens (including phenoxy) is 1. The number of carbonyl (C=O) groups is 1. The van der Waals surface area contributed by atoms with Gasteiger partial charge in [-0.2, -0.15) is 0 Å². The van der Waals surface area contributed by atoms with E-state index in [9.17, 15) is 4.79 Å². The van der Waals surface area contributed by atoms with Crippen molar-refractivity contribution in [2.45, 2.75) is 12.5 Å². The van der Waals surface area contributed by atoms with E-state index in [2.05, 4.69) is 30.2 Å². The Bertz CT molecular complexity index is 426. The molecule has 1 aliphatic rings. The maximum atomic E-state index is 11.1. The number of rotatable bonds is 3. The summed E-state index contributed by atoms with van der Waals surface area (Å²) in [5.74, 6) is 1.65. The topological polar surface area (TPSA) is 79.4 Å². The Morgan fingerprint density at radius 1 is 1.56 bits per heavy atom. The zero-order chi connectivity index (χ0) is 13.0. The lowest BCUT2D eigenvalue weighted by atomic mass is 10.3. The summed E-state index contributed by atoms with van der Waals surface area (Å²) < 4.78 is 4.59. The molecule has 7 heteroatoms. The van der Waals surface area contributed by atoms with Gasteiger partial charge in [0.05, 0.1) is 13.2 Å². The number of methoxy groups -OCH3 is 1. The first kappa shape index (κ1) is 12.4. The lowest BCUT2D eigenvalue weighted by molar-refractivity contribution is 0.167. The molecule has 1 aromatic heterocycles. The number of hydrogen-bond acceptors (Lipinski definition) is 6. The highest BCUT2D eigenvalue weighted by Gasteiger charge is 2.25. The molecule has 1 saturated heterocycles. The molecule has 2 rings (SSSR count). The molecule has 1 atom stereocenters. The Kier molecular flexibility index (Phi) is 3.81. The molecular weight excluding hydrogens is 234 g/mol. The van der Waals surface area contributed by atoms with Crippen molar-refractivity contribution in [2.24, 2.45) is 0 Å². The van der Waals surface area contributed by atoms with Gasteiger partial charge in [-0.3, -0.25) is 0 Å². The van der Waals surface area contributed by atoms with Crippen LogP contribution in [-0.2, 0) is 4.74 Å². The number of amides is 1. The maximum Gasteiger partial charge on any atom is 0.407 e. The van der Waals surface area contributed by atoms with E-state index in [0.29, 0.717) is 0 Å². The van der Waals surface area contributed by atoms with Crippen LogP contribution in [0.4, 0.5) is 16.4 Å². The minimum absolute atomic E-state index is 0.102. The minimum atomic E-state index is -0.388. The van der Waals surface area contributed by atoms with E-state index < -0.39 is 0 Å². The molecule has 98 valence electrons. The molecule has 0 saturated carbocycles. The van der Waals surface area contributed by atoms with Crippen molar-refractivity contribution in [2.75, 3.05) is 37.5 Å². The molecule has 0 spiro atoms. The summed E-state index contributed by atoms with van der Waals surface area (Å²) in [4.78, 5) is 21.5. The number of carbonyl (C=O) groups excluding carboxylic acids is 1. The summed E-state index contributed by atoms with van der Waals surface area (Å²) in [6, 6.07) is 1.99. The monoisotopic (exact) mass is 251 g/mol. The predicted molar refractivity (Wildman–Crippen MR) is 67.7 cm³/mol. The summed E-state index contributed by atoms with van der Waals surface area (Å²) in [7, 11) is 3.18. The fraction of sp³-hybridized carbons (Fsp3) is 0.545. The molecule has 0 bridgehead atoms. The highest BCUT2D eigenvalue weighted by molar-refractivity contribution is 5.67. The third-order valence-electron chi connectivity index (χ3n) is 2.93. The van der Waals surface area contributed by atoms with Crippen molar-refractivity contribution in [3.8, 4) is 0 Å². The van der Waals surface area contributed by atoms with Gasteiger partial charge < -0.3 is 20.3 Å². The van der Waals surface area contributed by atoms with Crippen molar-refractivity contribution in [1.82, 2.24) is 15.3 Å². The van der Waals surface area contributed by atoms with E-state index in [1.54, 1.807) is 0 Å². The van der Waals surface area contributed by atoms with E-state index in [0.717, 1.165) is 31.1 Å². The van der Waals surface area contributed by atoms with Crippen LogP contribution in [0.2, 0.25) is 0 Å². The third-order valence-corrected chi connectivity index (χ3v) is 2.93. The smallest absolute Gasteiger partial charge is 0.407 e. The van der Waals surface area contributed by atoms with Gasteiger partial charge in [-0.25, -0.2) is 14.8 Å². The molecule has 1 fully saturated rings. The summed E-state index contributed by atoms with van der Waals surface area (Å²) in [5.41, 5.74) is 0. The second kappa shape index (κ2) is 5.52. The van der Waals surface area contributed by atoms with Gasteiger partial charge in [0.15, 0.2) is 0 Å². The van der Waals surface area contributed by atoms with E-state index in [-0.39, 0.29) is 12.1 Å². The number of alkyl carbamates (subject to hydrolysis) is 1. The number of aromatic nitrogens is 2. The van der Waals surface area contributed by atoms with Gasteiger partial charge in [-0.05, 0) is 6.42 Å². The van der Waals surface area contributed by atoms with Gasteiger partial charge in [0, 0.05) is 26.2 Å². The lowest BCUT2D eigenvalue weighted by Gasteiger charge is -2.17. The standard InChI is InChI=1S/C11H17N5O2/c1-12-9-5-10(14-7-13-9)16-4-3-8(6-16)15-11(17)18-2/h5,7-8H,3-4,6H2,1-2H3,(H,15,17)(H,12,13,14). The van der Waals surface area contributed by atoms with Crippen LogP contribution >= 0.6 is 0 Å². The lowest BCUT2D eigenvalue weighted by Crippen LogP contribution is -2.37. The summed E-state index contributed by atoms with van der Waals surface area (Å²) >= 11 is 0. The normalized spacial score (nSPS) is 18.6. The summed E-state index contributed by atoms with van der Waals surface area (Å²) in [6.07, 6.45) is 2.02. The number of nitrogens with zero attached hydrogens (tertiary/aromatic N) is 3. The van der Waals surface area contributed by atoms with Crippen LogP contribution in [-0.4, -0.2) is 49.4 Å². The molecule has 1 aliphatic heterocycles. The molecule has 0 radical (unpaired) electrons. The van der Waals surface area contributed by atoms with Crippen LogP contribution in [0.15, 0.2) is 12.4 Å². The number of nitrogens with one attached hydrogen (secondary N) is 2. The largest absolute Gasteiger partial charge is 0.453 e. The van der Waals surface area contributed by atoms with Crippen LogP contribution in [0, 0.1) is 0 Å². The first-order valence-electron chi connectivity index (χ1n) is 5.82. The highest BCUT2D eigenvalue weighted by atomic mass is 16.5. The molecule has 2 heterocycles. The Balaban J connectivity index is 1.97. The molecule has 1 amide bonds. The predicted octanol–water partition coefficient (Wildman–Crippen LogP) is 0.453.